The lowest BCUT2D eigenvalue weighted by atomic mass is 10.2. The summed E-state index contributed by atoms with van der Waals surface area (Å²) in [6.07, 6.45) is 4.16. The summed E-state index contributed by atoms with van der Waals surface area (Å²) in [7, 11) is 0. The van der Waals surface area contributed by atoms with Crippen LogP contribution in [0.15, 0.2) is 46.7 Å². The van der Waals surface area contributed by atoms with E-state index in [1.807, 2.05) is 23.6 Å². The van der Waals surface area contributed by atoms with Crippen LogP contribution in [0.5, 0.6) is 5.75 Å². The molecular weight excluding hydrogens is 454 g/mol. The third-order valence-electron chi connectivity index (χ3n) is 4.44. The van der Waals surface area contributed by atoms with E-state index in [1.54, 1.807) is 28.4 Å². The number of phenols is 1. The van der Waals surface area contributed by atoms with E-state index < -0.39 is 5.91 Å². The van der Waals surface area contributed by atoms with Gasteiger partial charge in [-0.15, -0.1) is 11.3 Å². The lowest BCUT2D eigenvalue weighted by molar-refractivity contribution is -0.123. The van der Waals surface area contributed by atoms with Crippen LogP contribution in [-0.2, 0) is 9.59 Å². The Morgan fingerprint density at radius 2 is 1.90 bits per heavy atom. The fraction of sp³-hybridized carbons (Fsp3) is 0.238. The molecule has 3 N–H and O–H groups in total. The van der Waals surface area contributed by atoms with Crippen LogP contribution in [0, 0.1) is 0 Å². The van der Waals surface area contributed by atoms with Crippen LogP contribution in [-0.4, -0.2) is 38.6 Å². The lowest BCUT2D eigenvalue weighted by Crippen LogP contribution is -2.41. The largest absolute Gasteiger partial charge is 0.507 e. The highest BCUT2D eigenvalue weighted by Crippen LogP contribution is 2.33. The molecule has 162 valence electrons. The number of thiocarbonyl (C=S) groups is 1. The number of phenolic OH excluding ortho intramolecular Hbond substituents is 1. The third-order valence-corrected chi connectivity index (χ3v) is 6.64. The molecular formula is C21H21N3O4S3. The van der Waals surface area contributed by atoms with Gasteiger partial charge in [-0.25, -0.2) is 0 Å². The van der Waals surface area contributed by atoms with Gasteiger partial charge in [0.25, 0.3) is 11.8 Å². The van der Waals surface area contributed by atoms with Crippen LogP contribution in [0.2, 0.25) is 0 Å². The zero-order valence-corrected chi connectivity index (χ0v) is 18.9. The van der Waals surface area contributed by atoms with E-state index in [-0.39, 0.29) is 29.5 Å². The minimum atomic E-state index is -0.587. The zero-order valence-electron chi connectivity index (χ0n) is 16.5. The van der Waals surface area contributed by atoms with Gasteiger partial charge in [0.05, 0.1) is 10.5 Å². The Bertz CT molecular complexity index is 1010. The molecule has 1 saturated heterocycles. The van der Waals surface area contributed by atoms with Crippen molar-refractivity contribution in [3.8, 4) is 5.75 Å². The van der Waals surface area contributed by atoms with Gasteiger partial charge in [0.1, 0.15) is 10.1 Å². The number of thioether (sulfide) groups is 1. The Morgan fingerprint density at radius 3 is 2.65 bits per heavy atom. The lowest BCUT2D eigenvalue weighted by Gasteiger charge is -2.14. The van der Waals surface area contributed by atoms with Crippen molar-refractivity contribution in [2.75, 3.05) is 6.54 Å². The molecule has 10 heteroatoms. The molecule has 1 aromatic carbocycles. The number of aromatic hydroxyl groups is 1. The number of thiophene rings is 1. The van der Waals surface area contributed by atoms with Crippen molar-refractivity contribution >= 4 is 63.4 Å². The summed E-state index contributed by atoms with van der Waals surface area (Å²) < 4.78 is 0.553. The van der Waals surface area contributed by atoms with E-state index in [0.29, 0.717) is 22.2 Å². The van der Waals surface area contributed by atoms with Crippen LogP contribution in [0.25, 0.3) is 6.08 Å². The molecule has 0 atom stereocenters. The maximum atomic E-state index is 12.5. The molecule has 2 aromatic rings. The minimum absolute atomic E-state index is 0.0759. The summed E-state index contributed by atoms with van der Waals surface area (Å²) in [5.74, 6) is -1.15. The fourth-order valence-corrected chi connectivity index (χ4v) is 4.88. The van der Waals surface area contributed by atoms with Crippen LogP contribution in [0.3, 0.4) is 0 Å². The number of para-hydroxylation sites is 1. The van der Waals surface area contributed by atoms with Crippen molar-refractivity contribution in [2.24, 2.45) is 0 Å². The molecule has 31 heavy (non-hydrogen) atoms. The Morgan fingerprint density at radius 1 is 1.10 bits per heavy atom. The van der Waals surface area contributed by atoms with Gasteiger partial charge in [-0.1, -0.05) is 48.6 Å². The number of nitrogens with one attached hydrogen (secondary N) is 2. The summed E-state index contributed by atoms with van der Waals surface area (Å²) in [5, 5.41) is 11.6. The topological polar surface area (TPSA) is 98.7 Å². The molecule has 0 radical (unpaired) electrons. The molecule has 3 amide bonds. The Hall–Kier alpha value is -2.69. The molecule has 0 saturated carbocycles. The smallest absolute Gasteiger partial charge is 0.273 e. The highest BCUT2D eigenvalue weighted by Gasteiger charge is 2.31. The van der Waals surface area contributed by atoms with Gasteiger partial charge in [-0.3, -0.25) is 30.1 Å². The van der Waals surface area contributed by atoms with Crippen LogP contribution >= 0.6 is 35.3 Å². The van der Waals surface area contributed by atoms with Crippen LogP contribution in [0.1, 0.15) is 40.9 Å². The number of rotatable bonds is 8. The van der Waals surface area contributed by atoms with Crippen LogP contribution < -0.4 is 10.9 Å². The van der Waals surface area contributed by atoms with Crippen molar-refractivity contribution in [3.63, 3.8) is 0 Å². The third kappa shape index (κ3) is 6.39. The molecule has 0 aliphatic carbocycles. The average molecular weight is 476 g/mol. The summed E-state index contributed by atoms with van der Waals surface area (Å²) >= 11 is 8.20. The Labute approximate surface area is 193 Å². The molecule has 2 heterocycles. The maximum Gasteiger partial charge on any atom is 0.273 e. The Balaban J connectivity index is 1.34. The molecule has 3 rings (SSSR count). The zero-order chi connectivity index (χ0) is 22.2. The molecule has 1 aliphatic heterocycles. The molecule has 1 aliphatic rings. The second-order valence-corrected chi connectivity index (χ2v) is 9.33. The van der Waals surface area contributed by atoms with Gasteiger partial charge in [-0.2, -0.15) is 0 Å². The highest BCUT2D eigenvalue weighted by atomic mass is 32.2. The molecule has 7 nitrogen and oxygen atoms in total. The van der Waals surface area contributed by atoms with Gasteiger partial charge in [0.15, 0.2) is 0 Å². The number of benzene rings is 1. The van der Waals surface area contributed by atoms with Gasteiger partial charge >= 0.3 is 0 Å². The summed E-state index contributed by atoms with van der Waals surface area (Å²) in [4.78, 5) is 39.6. The number of carbonyl (C=O) groups excluding carboxylic acids is 3. The van der Waals surface area contributed by atoms with E-state index in [9.17, 15) is 19.5 Å². The normalized spacial score (nSPS) is 14.8. The standard InChI is InChI=1S/C21H21N3O4S3/c25-16-9-4-3-8-15(16)19(27)23-22-18(26)10-2-1-5-11-24-20(28)17(31-21(24)29)13-14-7-6-12-30-14/h3-4,6-9,12-13,25H,1-2,5,10-11H2,(H,22,26)(H,23,27)/b17-13+. The van der Waals surface area contributed by atoms with Crippen molar-refractivity contribution < 1.29 is 19.5 Å². The van der Waals surface area contributed by atoms with Gasteiger partial charge in [0.2, 0.25) is 5.91 Å². The number of hydrogen-bond donors (Lipinski definition) is 3. The van der Waals surface area contributed by atoms with Crippen molar-refractivity contribution in [1.82, 2.24) is 15.8 Å². The van der Waals surface area contributed by atoms with Crippen molar-refractivity contribution in [3.05, 3.63) is 57.1 Å². The summed E-state index contributed by atoms with van der Waals surface area (Å²) in [6, 6.07) is 9.96. The molecule has 1 fully saturated rings. The fourth-order valence-electron chi connectivity index (χ4n) is 2.85. The second kappa shape index (κ2) is 11.1. The first-order valence-electron chi connectivity index (χ1n) is 9.62. The maximum absolute atomic E-state index is 12.5. The number of carbonyl (C=O) groups is 3. The minimum Gasteiger partial charge on any atom is -0.507 e. The van der Waals surface area contributed by atoms with Gasteiger partial charge in [-0.05, 0) is 42.5 Å². The summed E-state index contributed by atoms with van der Waals surface area (Å²) in [5.41, 5.74) is 4.70. The first-order valence-corrected chi connectivity index (χ1v) is 11.7. The van der Waals surface area contributed by atoms with Gasteiger partial charge in [0, 0.05) is 17.8 Å². The first-order chi connectivity index (χ1) is 15.0. The van der Waals surface area contributed by atoms with Crippen molar-refractivity contribution in [1.29, 1.82) is 0 Å². The molecule has 0 spiro atoms. The van der Waals surface area contributed by atoms with E-state index in [1.165, 1.54) is 23.9 Å². The average Bonchev–Trinajstić information content (AvgIpc) is 3.35. The van der Waals surface area contributed by atoms with Crippen LogP contribution in [0.4, 0.5) is 0 Å². The molecule has 0 unspecified atom stereocenters. The predicted molar refractivity (Wildman–Crippen MR) is 126 cm³/mol. The number of hydrazine groups is 1. The molecule has 0 bridgehead atoms. The number of hydrogen-bond acceptors (Lipinski definition) is 7. The highest BCUT2D eigenvalue weighted by molar-refractivity contribution is 8.26. The van der Waals surface area contributed by atoms with Gasteiger partial charge < -0.3 is 5.11 Å². The van der Waals surface area contributed by atoms with E-state index in [0.717, 1.165) is 17.7 Å². The number of unbranched alkanes of at least 4 members (excludes halogenated alkanes) is 2. The quantitative estimate of drug-likeness (QED) is 0.233. The number of amides is 3. The van der Waals surface area contributed by atoms with E-state index in [4.69, 9.17) is 12.2 Å². The SMILES string of the molecule is O=C(CCCCCN1C(=O)/C(=C\c2cccs2)SC1=S)NNC(=O)c1ccccc1O. The monoisotopic (exact) mass is 475 g/mol. The first kappa shape index (κ1) is 23.0. The van der Waals surface area contributed by atoms with E-state index >= 15 is 0 Å². The van der Waals surface area contributed by atoms with E-state index in [2.05, 4.69) is 10.9 Å². The molecule has 1 aromatic heterocycles. The predicted octanol–water partition coefficient (Wildman–Crippen LogP) is 3.68. The second-order valence-electron chi connectivity index (χ2n) is 6.68. The Kier molecular flexibility index (Phi) is 8.21. The number of nitrogens with zero attached hydrogens (tertiary/aromatic N) is 1. The summed E-state index contributed by atoms with van der Waals surface area (Å²) in [6.45, 7) is 0.512. The van der Waals surface area contributed by atoms with Crippen molar-refractivity contribution in [2.45, 2.75) is 25.7 Å².